The van der Waals surface area contributed by atoms with E-state index in [1.54, 1.807) is 25.3 Å². The number of pyridine rings is 1. The molecule has 1 aliphatic heterocycles. The molecule has 1 saturated carbocycles. The molecule has 5 atom stereocenters. The average molecular weight is 466 g/mol. The van der Waals surface area contributed by atoms with Gasteiger partial charge in [-0.25, -0.2) is 18.3 Å². The number of esters is 1. The number of aromatic nitrogens is 5. The van der Waals surface area contributed by atoms with E-state index in [9.17, 15) is 4.79 Å². The van der Waals surface area contributed by atoms with E-state index in [-0.39, 0.29) is 0 Å². The minimum absolute atomic E-state index is 0.555. The quantitative estimate of drug-likeness (QED) is 0.534. The van der Waals surface area contributed by atoms with E-state index in [1.807, 2.05) is 43.3 Å². The number of nitrogens with zero attached hydrogens (tertiary/aromatic N) is 5. The lowest BCUT2D eigenvalue weighted by atomic mass is 9.60. The molecule has 2 fully saturated rings. The van der Waals surface area contributed by atoms with Gasteiger partial charge in [0.05, 0.1) is 5.69 Å². The molecule has 1 aromatic carbocycles. The molecule has 0 amide bonds. The Kier molecular flexibility index (Phi) is 5.30. The third kappa shape index (κ3) is 3.41. The van der Waals surface area contributed by atoms with Crippen molar-refractivity contribution in [1.29, 1.82) is 0 Å². The van der Waals surface area contributed by atoms with Gasteiger partial charge in [-0.2, -0.15) is 0 Å². The minimum Gasteiger partial charge on any atom is -0.460 e. The number of tetrazole rings is 1. The van der Waals surface area contributed by atoms with Crippen LogP contribution < -0.4 is 0 Å². The number of rotatable bonds is 4. The number of hydrogen-bond donors (Lipinski definition) is 0. The van der Waals surface area contributed by atoms with Crippen LogP contribution in [0.4, 0.5) is 8.78 Å². The standard InChI is InChI=1S/C25H25F2N5O2/c1-15-6-4-5-7-20(15)18-8-9-19(28-12-18)10-11-21-16(2)25(26,27)13-24(32-14-29-30-31-32)22(21)17(3)34-23(24)33/h4-12,14,16-17,21-22H,13H2,1-3H3/b11-10+/t16-,17+,21-,22-,24-/m0/s1. The first kappa shape index (κ1) is 22.3. The zero-order chi connectivity index (χ0) is 24.1. The maximum absolute atomic E-state index is 15.3. The SMILES string of the molecule is Cc1ccccc1-c1ccc(/C=C/[C@@H]2[C@@H]3[C@@H](C)OC(=O)[C@]3(n3cnnn3)CC(F)(F)[C@H]2C)nc1. The Hall–Kier alpha value is -3.49. The van der Waals surface area contributed by atoms with Crippen LogP contribution in [-0.4, -0.2) is 43.2 Å². The fourth-order valence-electron chi connectivity index (χ4n) is 5.53. The average Bonchev–Trinajstić information content (AvgIpc) is 3.43. The van der Waals surface area contributed by atoms with Crippen molar-refractivity contribution in [2.75, 3.05) is 0 Å². The number of fused-ring (bicyclic) bond motifs is 1. The lowest BCUT2D eigenvalue weighted by Crippen LogP contribution is -2.59. The van der Waals surface area contributed by atoms with Gasteiger partial charge in [-0.15, -0.1) is 5.10 Å². The van der Waals surface area contributed by atoms with E-state index in [2.05, 4.69) is 20.5 Å². The summed E-state index contributed by atoms with van der Waals surface area (Å²) in [5.41, 5.74) is 2.20. The lowest BCUT2D eigenvalue weighted by molar-refractivity contribution is -0.169. The van der Waals surface area contributed by atoms with Crippen molar-refractivity contribution >= 4 is 12.0 Å². The molecule has 0 unspecified atom stereocenters. The first-order valence-corrected chi connectivity index (χ1v) is 11.3. The van der Waals surface area contributed by atoms with Gasteiger partial charge in [0.25, 0.3) is 5.92 Å². The van der Waals surface area contributed by atoms with Gasteiger partial charge in [-0.3, -0.25) is 4.98 Å². The second-order valence-electron chi connectivity index (χ2n) is 9.26. The molecule has 0 spiro atoms. The zero-order valence-electron chi connectivity index (χ0n) is 19.1. The Morgan fingerprint density at radius 1 is 1.18 bits per heavy atom. The van der Waals surface area contributed by atoms with Crippen molar-refractivity contribution in [3.63, 3.8) is 0 Å². The number of benzene rings is 1. The van der Waals surface area contributed by atoms with Gasteiger partial charge in [0.1, 0.15) is 12.4 Å². The number of ether oxygens (including phenoxy) is 1. The van der Waals surface area contributed by atoms with Gasteiger partial charge in [-0.1, -0.05) is 43.3 Å². The van der Waals surface area contributed by atoms with Gasteiger partial charge in [0.15, 0.2) is 5.54 Å². The van der Waals surface area contributed by atoms with Crippen LogP contribution in [0.25, 0.3) is 17.2 Å². The number of cyclic esters (lactones) is 1. The summed E-state index contributed by atoms with van der Waals surface area (Å²) in [6, 6.07) is 11.9. The number of halogens is 2. The monoisotopic (exact) mass is 465 g/mol. The van der Waals surface area contributed by atoms with E-state index < -0.39 is 47.7 Å². The van der Waals surface area contributed by atoms with E-state index in [0.717, 1.165) is 21.4 Å². The van der Waals surface area contributed by atoms with Crippen molar-refractivity contribution in [2.24, 2.45) is 17.8 Å². The Morgan fingerprint density at radius 2 is 1.97 bits per heavy atom. The molecule has 2 aromatic heterocycles. The molecule has 3 heterocycles. The molecular weight excluding hydrogens is 440 g/mol. The number of carbonyl (C=O) groups excluding carboxylic acids is 1. The van der Waals surface area contributed by atoms with Gasteiger partial charge in [0.2, 0.25) is 0 Å². The highest BCUT2D eigenvalue weighted by molar-refractivity contribution is 5.82. The van der Waals surface area contributed by atoms with Gasteiger partial charge >= 0.3 is 5.97 Å². The smallest absolute Gasteiger partial charge is 0.335 e. The summed E-state index contributed by atoms with van der Waals surface area (Å²) in [6.45, 7) is 5.29. The summed E-state index contributed by atoms with van der Waals surface area (Å²) in [5, 5.41) is 11.0. The lowest BCUT2D eigenvalue weighted by Gasteiger charge is -2.47. The largest absolute Gasteiger partial charge is 0.460 e. The number of allylic oxidation sites excluding steroid dienone is 1. The second-order valence-corrected chi connectivity index (χ2v) is 9.26. The molecule has 34 heavy (non-hydrogen) atoms. The number of hydrogen-bond acceptors (Lipinski definition) is 6. The number of aryl methyl sites for hydroxylation is 1. The van der Waals surface area contributed by atoms with Crippen LogP contribution in [0.1, 0.15) is 31.5 Å². The normalized spacial score (nSPS) is 30.3. The molecule has 2 aliphatic rings. The molecule has 0 N–H and O–H groups in total. The van der Waals surface area contributed by atoms with Crippen molar-refractivity contribution in [1.82, 2.24) is 25.2 Å². The Bertz CT molecular complexity index is 1230. The third-order valence-corrected chi connectivity index (χ3v) is 7.36. The van der Waals surface area contributed by atoms with E-state index in [0.29, 0.717) is 5.69 Å². The fourth-order valence-corrected chi connectivity index (χ4v) is 5.53. The molecule has 5 rings (SSSR count). The summed E-state index contributed by atoms with van der Waals surface area (Å²) < 4.78 is 37.2. The maximum Gasteiger partial charge on any atom is 0.335 e. The summed E-state index contributed by atoms with van der Waals surface area (Å²) in [4.78, 5) is 17.5. The summed E-state index contributed by atoms with van der Waals surface area (Å²) >= 11 is 0. The van der Waals surface area contributed by atoms with Gasteiger partial charge in [0, 0.05) is 30.0 Å². The van der Waals surface area contributed by atoms with E-state index in [4.69, 9.17) is 4.74 Å². The van der Waals surface area contributed by atoms with Crippen LogP contribution in [0.15, 0.2) is 55.0 Å². The molecule has 1 saturated heterocycles. The zero-order valence-corrected chi connectivity index (χ0v) is 19.1. The topological polar surface area (TPSA) is 82.8 Å². The summed E-state index contributed by atoms with van der Waals surface area (Å²) in [6.07, 6.45) is 5.19. The molecule has 0 radical (unpaired) electrons. The molecule has 3 aromatic rings. The highest BCUT2D eigenvalue weighted by Crippen LogP contribution is 2.57. The van der Waals surface area contributed by atoms with Crippen molar-refractivity contribution in [3.8, 4) is 11.1 Å². The molecule has 7 nitrogen and oxygen atoms in total. The molecular formula is C25H25F2N5O2. The van der Waals surface area contributed by atoms with Crippen LogP contribution in [0.2, 0.25) is 0 Å². The Labute approximate surface area is 195 Å². The first-order chi connectivity index (χ1) is 16.2. The van der Waals surface area contributed by atoms with Gasteiger partial charge < -0.3 is 4.74 Å². The molecule has 9 heteroatoms. The second kappa shape index (κ2) is 8.07. The molecule has 0 bridgehead atoms. The first-order valence-electron chi connectivity index (χ1n) is 11.3. The number of alkyl halides is 2. The third-order valence-electron chi connectivity index (χ3n) is 7.36. The fraction of sp³-hybridized carbons (Fsp3) is 0.400. The van der Waals surface area contributed by atoms with Crippen LogP contribution >= 0.6 is 0 Å². The molecule has 176 valence electrons. The predicted octanol–water partition coefficient (Wildman–Crippen LogP) is 4.31. The summed E-state index contributed by atoms with van der Waals surface area (Å²) in [7, 11) is 0. The highest BCUT2D eigenvalue weighted by Gasteiger charge is 2.69. The minimum atomic E-state index is -3.12. The van der Waals surface area contributed by atoms with Gasteiger partial charge in [-0.05, 0) is 53.5 Å². The molecule has 1 aliphatic carbocycles. The van der Waals surface area contributed by atoms with Crippen LogP contribution in [0.5, 0.6) is 0 Å². The van der Waals surface area contributed by atoms with E-state index in [1.165, 1.54) is 13.3 Å². The highest BCUT2D eigenvalue weighted by atomic mass is 19.3. The van der Waals surface area contributed by atoms with E-state index >= 15 is 8.78 Å². The predicted molar refractivity (Wildman–Crippen MR) is 120 cm³/mol. The number of carbonyl (C=O) groups is 1. The summed E-state index contributed by atoms with van der Waals surface area (Å²) in [5.74, 6) is -6.07. The van der Waals surface area contributed by atoms with Crippen LogP contribution in [0.3, 0.4) is 0 Å². The van der Waals surface area contributed by atoms with Crippen LogP contribution in [-0.2, 0) is 15.1 Å². The van der Waals surface area contributed by atoms with Crippen LogP contribution in [0, 0.1) is 24.7 Å². The van der Waals surface area contributed by atoms with Crippen molar-refractivity contribution < 1.29 is 18.3 Å². The van der Waals surface area contributed by atoms with Crippen molar-refractivity contribution in [3.05, 3.63) is 66.3 Å². The maximum atomic E-state index is 15.3. The Morgan fingerprint density at radius 3 is 2.65 bits per heavy atom. The van der Waals surface area contributed by atoms with Crippen molar-refractivity contribution in [2.45, 2.75) is 44.8 Å². The Balaban J connectivity index is 1.50.